The summed E-state index contributed by atoms with van der Waals surface area (Å²) in [4.78, 5) is 18.0. The molecule has 2 aliphatic rings. The van der Waals surface area contributed by atoms with Crippen LogP contribution in [0, 0.1) is 0 Å². The molecule has 0 amide bonds. The molecule has 28 heavy (non-hydrogen) atoms. The maximum atomic E-state index is 4.73. The van der Waals surface area contributed by atoms with Crippen LogP contribution < -0.4 is 21.3 Å². The standard InChI is InChI=1S/C24H26N4/c1-17-8-4-3-7-11-26-24-21(17)13-20(14-27-24)19-9-5-6-10-23-22(18(2)12-19)15-25-16-28-23/h5-7,10-11,13-16,19H,3-4,8-9,12H2,1-2H3/b6-5-,11-7-,21-17-,22-18-,23-10+,26-24+. The van der Waals surface area contributed by atoms with Crippen LogP contribution >= 0.6 is 0 Å². The molecule has 3 heterocycles. The molecule has 0 radical (unpaired) electrons. The van der Waals surface area contributed by atoms with E-state index in [2.05, 4.69) is 59.2 Å². The van der Waals surface area contributed by atoms with Crippen LogP contribution in [0.15, 0.2) is 54.2 Å². The highest BCUT2D eigenvalue weighted by Gasteiger charge is 2.14. The van der Waals surface area contributed by atoms with E-state index in [4.69, 9.17) is 4.98 Å². The van der Waals surface area contributed by atoms with Crippen molar-refractivity contribution in [1.29, 1.82) is 0 Å². The second-order valence-electron chi connectivity index (χ2n) is 7.66. The molecule has 0 aromatic carbocycles. The van der Waals surface area contributed by atoms with Gasteiger partial charge in [0.05, 0.1) is 5.35 Å². The maximum absolute atomic E-state index is 4.73. The van der Waals surface area contributed by atoms with Crippen molar-refractivity contribution in [2.45, 2.75) is 51.9 Å². The highest BCUT2D eigenvalue weighted by Crippen LogP contribution is 2.26. The van der Waals surface area contributed by atoms with E-state index < -0.39 is 0 Å². The summed E-state index contributed by atoms with van der Waals surface area (Å²) in [5.74, 6) is 0.379. The summed E-state index contributed by atoms with van der Waals surface area (Å²) in [7, 11) is 0. The quantitative estimate of drug-likeness (QED) is 0.775. The van der Waals surface area contributed by atoms with Crippen LogP contribution in [0.25, 0.3) is 17.2 Å². The van der Waals surface area contributed by atoms with Crippen LogP contribution in [0.1, 0.15) is 57.4 Å². The first kappa shape index (κ1) is 18.5. The van der Waals surface area contributed by atoms with Gasteiger partial charge in [0.1, 0.15) is 6.33 Å². The third-order valence-electron chi connectivity index (χ3n) is 5.61. The third kappa shape index (κ3) is 4.01. The summed E-state index contributed by atoms with van der Waals surface area (Å²) >= 11 is 0. The van der Waals surface area contributed by atoms with Gasteiger partial charge in [-0.25, -0.2) is 19.9 Å². The van der Waals surface area contributed by atoms with Crippen LogP contribution in [0.3, 0.4) is 0 Å². The van der Waals surface area contributed by atoms with E-state index >= 15 is 0 Å². The Morgan fingerprint density at radius 3 is 2.86 bits per heavy atom. The van der Waals surface area contributed by atoms with Crippen molar-refractivity contribution in [3.05, 3.63) is 76.1 Å². The van der Waals surface area contributed by atoms with Gasteiger partial charge in [-0.05, 0) is 69.6 Å². The number of fused-ring (bicyclic) bond motifs is 2. The molecule has 142 valence electrons. The average Bonchev–Trinajstić information content (AvgIpc) is 2.86. The van der Waals surface area contributed by atoms with Crippen molar-refractivity contribution in [3.63, 3.8) is 0 Å². The van der Waals surface area contributed by atoms with E-state index in [1.165, 1.54) is 21.9 Å². The van der Waals surface area contributed by atoms with Crippen molar-refractivity contribution < 1.29 is 0 Å². The van der Waals surface area contributed by atoms with Crippen LogP contribution in [0.2, 0.25) is 0 Å². The highest BCUT2D eigenvalue weighted by atomic mass is 14.8. The minimum atomic E-state index is 0.379. The number of aromatic nitrogens is 3. The Morgan fingerprint density at radius 1 is 1.00 bits per heavy atom. The van der Waals surface area contributed by atoms with Gasteiger partial charge in [0.15, 0.2) is 5.49 Å². The molecular weight excluding hydrogens is 344 g/mol. The summed E-state index contributed by atoms with van der Waals surface area (Å²) in [6.45, 7) is 4.41. The summed E-state index contributed by atoms with van der Waals surface area (Å²) in [5, 5.41) is 3.32. The maximum Gasteiger partial charge on any atom is 0.159 e. The molecule has 0 N–H and O–H groups in total. The lowest BCUT2D eigenvalue weighted by molar-refractivity contribution is 0.710. The van der Waals surface area contributed by atoms with E-state index in [0.29, 0.717) is 5.92 Å². The lowest BCUT2D eigenvalue weighted by atomic mass is 9.89. The molecule has 4 nitrogen and oxygen atoms in total. The second kappa shape index (κ2) is 8.42. The molecule has 0 spiro atoms. The van der Waals surface area contributed by atoms with E-state index in [-0.39, 0.29) is 0 Å². The largest absolute Gasteiger partial charge is 0.244 e. The van der Waals surface area contributed by atoms with Crippen molar-refractivity contribution in [1.82, 2.24) is 15.0 Å². The predicted octanol–water partition coefficient (Wildman–Crippen LogP) is 2.44. The lowest BCUT2D eigenvalue weighted by Gasteiger charge is -2.16. The zero-order valence-corrected chi connectivity index (χ0v) is 16.6. The van der Waals surface area contributed by atoms with E-state index in [0.717, 1.165) is 48.2 Å². The SMILES string of the molecule is C\C1=c2/cncn/c2=C/C=C\CC(c2cnc3/c(c2)=C(/C)CCC/C=C\N=3)C1. The fourth-order valence-electron chi connectivity index (χ4n) is 3.95. The Hall–Kier alpha value is -2.88. The molecule has 1 aliphatic carbocycles. The van der Waals surface area contributed by atoms with Crippen LogP contribution in [0.5, 0.6) is 0 Å². The minimum absolute atomic E-state index is 0.379. The van der Waals surface area contributed by atoms with Crippen LogP contribution in [-0.2, 0) is 0 Å². The molecule has 1 unspecified atom stereocenters. The Balaban J connectivity index is 1.81. The van der Waals surface area contributed by atoms with Gasteiger partial charge in [-0.1, -0.05) is 29.4 Å². The molecule has 1 atom stereocenters. The van der Waals surface area contributed by atoms with Gasteiger partial charge in [-0.2, -0.15) is 0 Å². The lowest BCUT2D eigenvalue weighted by Crippen LogP contribution is -2.31. The second-order valence-corrected chi connectivity index (χ2v) is 7.66. The molecule has 0 saturated heterocycles. The van der Waals surface area contributed by atoms with Crippen molar-refractivity contribution in [2.24, 2.45) is 4.99 Å². The van der Waals surface area contributed by atoms with Gasteiger partial charge in [0.25, 0.3) is 0 Å². The van der Waals surface area contributed by atoms with Crippen LogP contribution in [-0.4, -0.2) is 15.0 Å². The summed E-state index contributed by atoms with van der Waals surface area (Å²) < 4.78 is 0. The Bertz CT molecular complexity index is 1170. The number of hydrogen-bond acceptors (Lipinski definition) is 4. The minimum Gasteiger partial charge on any atom is -0.244 e. The predicted molar refractivity (Wildman–Crippen MR) is 113 cm³/mol. The monoisotopic (exact) mass is 370 g/mol. The van der Waals surface area contributed by atoms with Gasteiger partial charge in [-0.15, -0.1) is 0 Å². The zero-order chi connectivity index (χ0) is 19.3. The molecule has 2 aromatic heterocycles. The first-order valence-corrected chi connectivity index (χ1v) is 10.0. The average molecular weight is 371 g/mol. The van der Waals surface area contributed by atoms with Gasteiger partial charge >= 0.3 is 0 Å². The third-order valence-corrected chi connectivity index (χ3v) is 5.61. The fourth-order valence-corrected chi connectivity index (χ4v) is 3.95. The molecule has 0 fully saturated rings. The van der Waals surface area contributed by atoms with Crippen molar-refractivity contribution >= 4 is 17.2 Å². The van der Waals surface area contributed by atoms with Crippen LogP contribution in [0.4, 0.5) is 0 Å². The summed E-state index contributed by atoms with van der Waals surface area (Å²) in [6.07, 6.45) is 21.3. The number of allylic oxidation sites excluding steroid dienone is 3. The molecule has 4 heteroatoms. The van der Waals surface area contributed by atoms with Crippen molar-refractivity contribution in [3.8, 4) is 0 Å². The molecular formula is C24H26N4. The summed E-state index contributed by atoms with van der Waals surface area (Å²) in [6, 6.07) is 2.32. The normalized spacial score (nSPS) is 28.1. The Labute approximate surface area is 165 Å². The van der Waals surface area contributed by atoms with E-state index in [1.54, 1.807) is 6.33 Å². The van der Waals surface area contributed by atoms with Gasteiger partial charge in [-0.3, -0.25) is 0 Å². The first-order valence-electron chi connectivity index (χ1n) is 10.0. The first-order chi connectivity index (χ1) is 13.7. The van der Waals surface area contributed by atoms with Gasteiger partial charge < -0.3 is 0 Å². The fraction of sp³-hybridized carbons (Fsp3) is 0.333. The van der Waals surface area contributed by atoms with E-state index in [1.807, 2.05) is 18.6 Å². The summed E-state index contributed by atoms with van der Waals surface area (Å²) in [5.41, 5.74) is 4.81. The number of rotatable bonds is 1. The molecule has 1 aliphatic heterocycles. The molecule has 4 rings (SSSR count). The Morgan fingerprint density at radius 2 is 1.93 bits per heavy atom. The smallest absolute Gasteiger partial charge is 0.159 e. The molecule has 0 bridgehead atoms. The molecule has 0 saturated carbocycles. The Kier molecular flexibility index (Phi) is 5.56. The number of hydrogen-bond donors (Lipinski definition) is 0. The number of pyridine rings is 1. The van der Waals surface area contributed by atoms with Gasteiger partial charge in [0.2, 0.25) is 0 Å². The van der Waals surface area contributed by atoms with Crippen molar-refractivity contribution in [2.75, 3.05) is 0 Å². The zero-order valence-electron chi connectivity index (χ0n) is 16.6. The highest BCUT2D eigenvalue weighted by molar-refractivity contribution is 5.48. The topological polar surface area (TPSA) is 51.0 Å². The number of nitrogens with zero attached hydrogens (tertiary/aromatic N) is 4. The van der Waals surface area contributed by atoms with Gasteiger partial charge in [0, 0.05) is 29.0 Å². The van der Waals surface area contributed by atoms with E-state index in [9.17, 15) is 0 Å². The molecule has 2 aromatic rings.